The number of piperazine rings is 1. The van der Waals surface area contributed by atoms with Crippen molar-refractivity contribution >= 4 is 11.8 Å². The Morgan fingerprint density at radius 3 is 2.20 bits per heavy atom. The smallest absolute Gasteiger partial charge is 0.257 e. The lowest BCUT2D eigenvalue weighted by Gasteiger charge is -2.36. The van der Waals surface area contributed by atoms with E-state index in [2.05, 4.69) is 4.90 Å². The van der Waals surface area contributed by atoms with Crippen molar-refractivity contribution in [3.63, 3.8) is 0 Å². The molecule has 2 saturated heterocycles. The van der Waals surface area contributed by atoms with Crippen molar-refractivity contribution < 1.29 is 9.59 Å². The highest BCUT2D eigenvalue weighted by Gasteiger charge is 2.28. The van der Waals surface area contributed by atoms with E-state index in [1.54, 1.807) is 4.68 Å². The predicted octanol–water partition coefficient (Wildman–Crippen LogP) is 3.62. The fourth-order valence-electron chi connectivity index (χ4n) is 4.99. The first-order valence-corrected chi connectivity index (χ1v) is 12.6. The van der Waals surface area contributed by atoms with Crippen LogP contribution >= 0.6 is 0 Å². The van der Waals surface area contributed by atoms with E-state index in [1.807, 2.05) is 77.5 Å². The minimum absolute atomic E-state index is 0.00700. The van der Waals surface area contributed by atoms with Crippen LogP contribution in [0.3, 0.4) is 0 Å². The maximum Gasteiger partial charge on any atom is 0.257 e. The predicted molar refractivity (Wildman–Crippen MR) is 137 cm³/mol. The third-order valence-corrected chi connectivity index (χ3v) is 7.09. The van der Waals surface area contributed by atoms with Crippen LogP contribution in [0, 0.1) is 6.92 Å². The quantitative estimate of drug-likeness (QED) is 0.570. The lowest BCUT2D eigenvalue weighted by atomic mass is 10.0. The van der Waals surface area contributed by atoms with Crippen LogP contribution in [0.5, 0.6) is 0 Å². The van der Waals surface area contributed by atoms with Gasteiger partial charge in [-0.2, -0.15) is 5.10 Å². The Balaban J connectivity index is 1.32. The van der Waals surface area contributed by atoms with E-state index >= 15 is 0 Å². The van der Waals surface area contributed by atoms with Crippen LogP contribution in [-0.2, 0) is 4.79 Å². The van der Waals surface area contributed by atoms with E-state index in [1.165, 1.54) is 6.42 Å². The first-order valence-electron chi connectivity index (χ1n) is 12.6. The van der Waals surface area contributed by atoms with Crippen LogP contribution in [0.1, 0.15) is 35.2 Å². The molecule has 5 rings (SSSR count). The minimum atomic E-state index is -0.00700. The van der Waals surface area contributed by atoms with Crippen molar-refractivity contribution in [3.05, 3.63) is 71.9 Å². The van der Waals surface area contributed by atoms with Gasteiger partial charge in [0.15, 0.2) is 0 Å². The average Bonchev–Trinajstić information content (AvgIpc) is 3.35. The number of hydrogen-bond acceptors (Lipinski definition) is 4. The van der Waals surface area contributed by atoms with E-state index in [-0.39, 0.29) is 11.8 Å². The second-order valence-electron chi connectivity index (χ2n) is 9.50. The summed E-state index contributed by atoms with van der Waals surface area (Å²) in [5.41, 5.74) is 4.29. The van der Waals surface area contributed by atoms with Crippen LogP contribution < -0.4 is 0 Å². The Bertz CT molecular complexity index is 1180. The largest absolute Gasteiger partial charge is 0.342 e. The fourth-order valence-corrected chi connectivity index (χ4v) is 4.99. The van der Waals surface area contributed by atoms with E-state index in [0.29, 0.717) is 44.0 Å². The number of rotatable bonds is 5. The van der Waals surface area contributed by atoms with Gasteiger partial charge in [0.2, 0.25) is 5.91 Å². The van der Waals surface area contributed by atoms with Gasteiger partial charge in [0.25, 0.3) is 5.91 Å². The Morgan fingerprint density at radius 2 is 1.49 bits per heavy atom. The molecule has 0 atom stereocenters. The normalized spacial score (nSPS) is 16.9. The van der Waals surface area contributed by atoms with Crippen molar-refractivity contribution in [2.45, 2.75) is 26.2 Å². The number of benzene rings is 2. The van der Waals surface area contributed by atoms with Gasteiger partial charge in [-0.05, 0) is 43.9 Å². The molecule has 3 aromatic rings. The summed E-state index contributed by atoms with van der Waals surface area (Å²) < 4.78 is 1.79. The molecule has 0 N–H and O–H groups in total. The molecule has 1 aromatic heterocycles. The van der Waals surface area contributed by atoms with Gasteiger partial charge in [-0.1, -0.05) is 42.5 Å². The highest BCUT2D eigenvalue weighted by atomic mass is 16.2. The first-order chi connectivity index (χ1) is 17.1. The summed E-state index contributed by atoms with van der Waals surface area (Å²) in [4.78, 5) is 32.4. The molecule has 7 heteroatoms. The molecule has 2 fully saturated rings. The second-order valence-corrected chi connectivity index (χ2v) is 9.50. The molecule has 0 radical (unpaired) electrons. The lowest BCUT2D eigenvalue weighted by Crippen LogP contribution is -2.52. The molecule has 7 nitrogen and oxygen atoms in total. The molecular formula is C28H33N5O2. The van der Waals surface area contributed by atoms with Gasteiger partial charge in [0.1, 0.15) is 5.69 Å². The molecular weight excluding hydrogens is 438 g/mol. The number of para-hydroxylation sites is 1. The van der Waals surface area contributed by atoms with Crippen LogP contribution in [0.2, 0.25) is 0 Å². The summed E-state index contributed by atoms with van der Waals surface area (Å²) in [6.45, 7) is 6.88. The number of hydrogen-bond donors (Lipinski definition) is 0. The van der Waals surface area contributed by atoms with Gasteiger partial charge >= 0.3 is 0 Å². The van der Waals surface area contributed by atoms with Crippen molar-refractivity contribution in [3.8, 4) is 16.9 Å². The molecule has 2 aliphatic rings. The lowest BCUT2D eigenvalue weighted by molar-refractivity contribution is -0.133. The number of aryl methyl sites for hydroxylation is 1. The van der Waals surface area contributed by atoms with Crippen molar-refractivity contribution in [1.82, 2.24) is 24.5 Å². The number of carbonyl (C=O) groups is 2. The van der Waals surface area contributed by atoms with Gasteiger partial charge in [-0.3, -0.25) is 14.5 Å². The monoisotopic (exact) mass is 471 g/mol. The third kappa shape index (κ3) is 5.15. The van der Waals surface area contributed by atoms with Gasteiger partial charge in [0.05, 0.1) is 17.8 Å². The average molecular weight is 472 g/mol. The summed E-state index contributed by atoms with van der Waals surface area (Å²) in [5, 5.41) is 4.84. The van der Waals surface area contributed by atoms with Gasteiger partial charge in [-0.15, -0.1) is 0 Å². The van der Waals surface area contributed by atoms with Crippen LogP contribution in [0.15, 0.2) is 60.8 Å². The topological polar surface area (TPSA) is 61.7 Å². The molecule has 0 aliphatic carbocycles. The maximum atomic E-state index is 13.7. The Morgan fingerprint density at radius 1 is 0.800 bits per heavy atom. The molecule has 0 saturated carbocycles. The SMILES string of the molecule is Cc1ccccc1-c1nn(-c2ccccc2)cc1C(=O)N1CCN(CC(=O)N2CCCCC2)CC1. The summed E-state index contributed by atoms with van der Waals surface area (Å²) in [5.74, 6) is 0.211. The van der Waals surface area contributed by atoms with Crippen molar-refractivity contribution in [2.75, 3.05) is 45.8 Å². The minimum Gasteiger partial charge on any atom is -0.342 e. The number of likely N-dealkylation sites (tertiary alicyclic amines) is 1. The zero-order valence-electron chi connectivity index (χ0n) is 20.4. The third-order valence-electron chi connectivity index (χ3n) is 7.09. The zero-order valence-corrected chi connectivity index (χ0v) is 20.4. The zero-order chi connectivity index (χ0) is 24.2. The summed E-state index contributed by atoms with van der Waals surface area (Å²) in [7, 11) is 0. The standard InChI is InChI=1S/C28H33N5O2/c1-22-10-6-7-13-24(22)27-25(20-33(29-27)23-11-4-2-5-12-23)28(35)32-18-16-30(17-19-32)21-26(34)31-14-8-3-9-15-31/h2,4-7,10-13,20H,3,8-9,14-19,21H2,1H3. The molecule has 2 amide bonds. The maximum absolute atomic E-state index is 13.7. The number of piperidine rings is 1. The second kappa shape index (κ2) is 10.4. The molecule has 0 spiro atoms. The van der Waals surface area contributed by atoms with Crippen LogP contribution in [-0.4, -0.2) is 82.1 Å². The molecule has 35 heavy (non-hydrogen) atoms. The molecule has 182 valence electrons. The van der Waals surface area contributed by atoms with Gasteiger partial charge < -0.3 is 9.80 Å². The summed E-state index contributed by atoms with van der Waals surface area (Å²) in [6, 6.07) is 17.9. The molecule has 0 unspecified atom stereocenters. The fraction of sp³-hybridized carbons (Fsp3) is 0.393. The molecule has 3 heterocycles. The summed E-state index contributed by atoms with van der Waals surface area (Å²) >= 11 is 0. The first kappa shape index (κ1) is 23.3. The highest BCUT2D eigenvalue weighted by Crippen LogP contribution is 2.28. The van der Waals surface area contributed by atoms with E-state index in [9.17, 15) is 9.59 Å². The Labute approximate surface area is 206 Å². The van der Waals surface area contributed by atoms with Gasteiger partial charge in [-0.25, -0.2) is 4.68 Å². The number of aromatic nitrogens is 2. The van der Waals surface area contributed by atoms with Crippen LogP contribution in [0.4, 0.5) is 0 Å². The number of nitrogens with zero attached hydrogens (tertiary/aromatic N) is 5. The summed E-state index contributed by atoms with van der Waals surface area (Å²) in [6.07, 6.45) is 5.28. The highest BCUT2D eigenvalue weighted by molar-refractivity contribution is 6.00. The Kier molecular flexibility index (Phi) is 6.95. The molecule has 2 aromatic carbocycles. The number of carbonyl (C=O) groups excluding carboxylic acids is 2. The molecule has 2 aliphatic heterocycles. The molecule has 0 bridgehead atoms. The number of amides is 2. The van der Waals surface area contributed by atoms with E-state index in [0.717, 1.165) is 42.7 Å². The van der Waals surface area contributed by atoms with Crippen molar-refractivity contribution in [1.29, 1.82) is 0 Å². The van der Waals surface area contributed by atoms with Gasteiger partial charge in [0, 0.05) is 51.0 Å². The Hall–Kier alpha value is -3.45. The van der Waals surface area contributed by atoms with E-state index in [4.69, 9.17) is 5.10 Å². The van der Waals surface area contributed by atoms with Crippen molar-refractivity contribution in [2.24, 2.45) is 0 Å². The van der Waals surface area contributed by atoms with E-state index < -0.39 is 0 Å². The van der Waals surface area contributed by atoms with Crippen LogP contribution in [0.25, 0.3) is 16.9 Å².